The van der Waals surface area contributed by atoms with E-state index in [1.807, 2.05) is 41.7 Å². The standard InChI is InChI=1S/C16H22N4S/c1-12-17-6-7-20(12)15-5-4-13(9-18-15)19-14-8-16(2,3)11-21-10-14/h4-7,9,14,19H,8,10-11H2,1-3H3. The van der Waals surface area contributed by atoms with Gasteiger partial charge in [-0.2, -0.15) is 11.8 Å². The van der Waals surface area contributed by atoms with Crippen molar-refractivity contribution in [2.75, 3.05) is 16.8 Å². The van der Waals surface area contributed by atoms with Crippen LogP contribution in [0.5, 0.6) is 0 Å². The van der Waals surface area contributed by atoms with E-state index in [1.165, 1.54) is 17.9 Å². The van der Waals surface area contributed by atoms with Crippen molar-refractivity contribution >= 4 is 17.4 Å². The van der Waals surface area contributed by atoms with Crippen LogP contribution in [0.25, 0.3) is 5.82 Å². The monoisotopic (exact) mass is 302 g/mol. The number of aryl methyl sites for hydroxylation is 1. The highest BCUT2D eigenvalue weighted by molar-refractivity contribution is 7.99. The first-order chi connectivity index (χ1) is 10.0. The Hall–Kier alpha value is -1.49. The molecule has 5 heteroatoms. The summed E-state index contributed by atoms with van der Waals surface area (Å²) in [6.07, 6.45) is 6.86. The van der Waals surface area contributed by atoms with Crippen LogP contribution >= 0.6 is 11.8 Å². The van der Waals surface area contributed by atoms with Crippen molar-refractivity contribution in [3.8, 4) is 5.82 Å². The van der Waals surface area contributed by atoms with E-state index in [0.717, 1.165) is 17.3 Å². The van der Waals surface area contributed by atoms with Gasteiger partial charge in [0.15, 0.2) is 0 Å². The molecule has 0 amide bonds. The van der Waals surface area contributed by atoms with Gasteiger partial charge in [0.25, 0.3) is 0 Å². The second kappa shape index (κ2) is 5.72. The molecule has 3 heterocycles. The zero-order valence-corrected chi connectivity index (χ0v) is 13.7. The van der Waals surface area contributed by atoms with E-state index in [0.29, 0.717) is 11.5 Å². The second-order valence-electron chi connectivity index (χ2n) is 6.47. The number of rotatable bonds is 3. The lowest BCUT2D eigenvalue weighted by Crippen LogP contribution is -2.35. The SMILES string of the molecule is Cc1nccn1-c1ccc(NC2CSCC(C)(C)C2)cn1. The van der Waals surface area contributed by atoms with Crippen LogP contribution in [0.15, 0.2) is 30.7 Å². The topological polar surface area (TPSA) is 42.7 Å². The van der Waals surface area contributed by atoms with E-state index >= 15 is 0 Å². The lowest BCUT2D eigenvalue weighted by molar-refractivity contribution is 0.358. The van der Waals surface area contributed by atoms with E-state index in [4.69, 9.17) is 0 Å². The molecular weight excluding hydrogens is 280 g/mol. The fourth-order valence-electron chi connectivity index (χ4n) is 2.82. The molecule has 1 aliphatic heterocycles. The number of imidazole rings is 1. The fourth-order valence-corrected chi connectivity index (χ4v) is 4.10. The summed E-state index contributed by atoms with van der Waals surface area (Å²) in [5, 5.41) is 3.62. The average molecular weight is 302 g/mol. The van der Waals surface area contributed by atoms with E-state index in [-0.39, 0.29) is 0 Å². The van der Waals surface area contributed by atoms with Crippen LogP contribution in [0.3, 0.4) is 0 Å². The van der Waals surface area contributed by atoms with Gasteiger partial charge in [0.2, 0.25) is 0 Å². The van der Waals surface area contributed by atoms with Gasteiger partial charge in [0.05, 0.1) is 11.9 Å². The van der Waals surface area contributed by atoms with E-state index < -0.39 is 0 Å². The highest BCUT2D eigenvalue weighted by Gasteiger charge is 2.28. The number of anilines is 1. The van der Waals surface area contributed by atoms with Crippen molar-refractivity contribution in [3.63, 3.8) is 0 Å². The fraction of sp³-hybridized carbons (Fsp3) is 0.500. The number of aromatic nitrogens is 3. The van der Waals surface area contributed by atoms with Crippen LogP contribution in [0.1, 0.15) is 26.1 Å². The quantitative estimate of drug-likeness (QED) is 0.942. The zero-order chi connectivity index (χ0) is 14.9. The van der Waals surface area contributed by atoms with Crippen LogP contribution in [-0.4, -0.2) is 32.1 Å². The molecule has 1 N–H and O–H groups in total. The van der Waals surface area contributed by atoms with Crippen LogP contribution in [0, 0.1) is 12.3 Å². The summed E-state index contributed by atoms with van der Waals surface area (Å²) in [6.45, 7) is 6.67. The minimum atomic E-state index is 0.419. The number of hydrogen-bond donors (Lipinski definition) is 1. The highest BCUT2D eigenvalue weighted by atomic mass is 32.2. The molecule has 1 atom stereocenters. The molecule has 0 aromatic carbocycles. The number of hydrogen-bond acceptors (Lipinski definition) is 4. The first-order valence-corrected chi connectivity index (χ1v) is 8.50. The first-order valence-electron chi connectivity index (χ1n) is 7.34. The third-order valence-corrected chi connectivity index (χ3v) is 5.43. The summed E-state index contributed by atoms with van der Waals surface area (Å²) in [4.78, 5) is 8.77. The molecule has 0 bridgehead atoms. The predicted molar refractivity (Wildman–Crippen MR) is 89.2 cm³/mol. The van der Waals surface area contributed by atoms with Crippen molar-refractivity contribution in [3.05, 3.63) is 36.5 Å². The Balaban J connectivity index is 1.69. The minimum Gasteiger partial charge on any atom is -0.380 e. The molecular formula is C16H22N4S. The molecule has 2 aromatic heterocycles. The molecule has 2 aromatic rings. The highest BCUT2D eigenvalue weighted by Crippen LogP contribution is 2.34. The molecule has 3 rings (SSSR count). The molecule has 1 fully saturated rings. The van der Waals surface area contributed by atoms with Gasteiger partial charge in [-0.25, -0.2) is 9.97 Å². The van der Waals surface area contributed by atoms with Crippen molar-refractivity contribution in [1.82, 2.24) is 14.5 Å². The predicted octanol–water partition coefficient (Wildman–Crippen LogP) is 3.52. The Morgan fingerprint density at radius 3 is 2.81 bits per heavy atom. The number of pyridine rings is 1. The Bertz CT molecular complexity index is 603. The maximum Gasteiger partial charge on any atom is 0.138 e. The molecule has 0 saturated carbocycles. The summed E-state index contributed by atoms with van der Waals surface area (Å²) < 4.78 is 1.99. The third kappa shape index (κ3) is 3.40. The van der Waals surface area contributed by atoms with E-state index in [1.54, 1.807) is 6.20 Å². The van der Waals surface area contributed by atoms with Gasteiger partial charge in [-0.05, 0) is 36.6 Å². The van der Waals surface area contributed by atoms with Gasteiger partial charge in [0.1, 0.15) is 11.6 Å². The lowest BCUT2D eigenvalue weighted by atomic mass is 9.88. The molecule has 4 nitrogen and oxygen atoms in total. The molecule has 0 radical (unpaired) electrons. The Morgan fingerprint density at radius 2 is 2.19 bits per heavy atom. The maximum absolute atomic E-state index is 4.54. The average Bonchev–Trinajstić information content (AvgIpc) is 2.85. The van der Waals surface area contributed by atoms with Crippen LogP contribution in [0.4, 0.5) is 5.69 Å². The molecule has 0 spiro atoms. The van der Waals surface area contributed by atoms with Crippen LogP contribution in [-0.2, 0) is 0 Å². The van der Waals surface area contributed by atoms with Gasteiger partial charge in [-0.3, -0.25) is 4.57 Å². The van der Waals surface area contributed by atoms with E-state index in [2.05, 4.69) is 35.2 Å². The van der Waals surface area contributed by atoms with Gasteiger partial charge in [-0.1, -0.05) is 13.8 Å². The molecule has 1 saturated heterocycles. The first kappa shape index (κ1) is 14.4. The smallest absolute Gasteiger partial charge is 0.138 e. The third-order valence-electron chi connectivity index (χ3n) is 3.80. The van der Waals surface area contributed by atoms with Crippen molar-refractivity contribution in [2.24, 2.45) is 5.41 Å². The van der Waals surface area contributed by atoms with Gasteiger partial charge in [-0.15, -0.1) is 0 Å². The number of nitrogens with zero attached hydrogens (tertiary/aromatic N) is 3. The van der Waals surface area contributed by atoms with Crippen LogP contribution in [0.2, 0.25) is 0 Å². The summed E-state index contributed by atoms with van der Waals surface area (Å²) in [6, 6.07) is 4.67. The summed E-state index contributed by atoms with van der Waals surface area (Å²) in [5.74, 6) is 4.29. The number of thioether (sulfide) groups is 1. The zero-order valence-electron chi connectivity index (χ0n) is 12.8. The van der Waals surface area contributed by atoms with E-state index in [9.17, 15) is 0 Å². The van der Waals surface area contributed by atoms with Crippen molar-refractivity contribution in [2.45, 2.75) is 33.2 Å². The summed E-state index contributed by atoms with van der Waals surface area (Å²) >= 11 is 2.04. The Morgan fingerprint density at radius 1 is 1.33 bits per heavy atom. The molecule has 21 heavy (non-hydrogen) atoms. The van der Waals surface area contributed by atoms with Gasteiger partial charge in [0, 0.05) is 24.2 Å². The Kier molecular flexibility index (Phi) is 3.93. The number of nitrogens with one attached hydrogen (secondary N) is 1. The summed E-state index contributed by atoms with van der Waals surface area (Å²) in [7, 11) is 0. The van der Waals surface area contributed by atoms with Crippen molar-refractivity contribution < 1.29 is 0 Å². The minimum absolute atomic E-state index is 0.419. The van der Waals surface area contributed by atoms with Gasteiger partial charge < -0.3 is 5.32 Å². The largest absolute Gasteiger partial charge is 0.380 e. The molecule has 1 unspecified atom stereocenters. The Labute approximate surface area is 130 Å². The van der Waals surface area contributed by atoms with Gasteiger partial charge >= 0.3 is 0 Å². The normalized spacial score (nSPS) is 21.2. The lowest BCUT2D eigenvalue weighted by Gasteiger charge is -2.35. The maximum atomic E-state index is 4.54. The molecule has 112 valence electrons. The van der Waals surface area contributed by atoms with Crippen molar-refractivity contribution in [1.29, 1.82) is 0 Å². The molecule has 1 aliphatic rings. The molecule has 0 aliphatic carbocycles. The second-order valence-corrected chi connectivity index (χ2v) is 7.50. The van der Waals surface area contributed by atoms with Crippen LogP contribution < -0.4 is 5.32 Å². The summed E-state index contributed by atoms with van der Waals surface area (Å²) in [5.41, 5.74) is 1.52.